The van der Waals surface area contributed by atoms with E-state index in [1.54, 1.807) is 70.5 Å². The maximum Gasteiger partial charge on any atom is 0.410 e. The number of ether oxygens (including phenoxy) is 2. The number of pyridine rings is 1. The fraction of sp³-hybridized carbons (Fsp3) is 0.290. The highest BCUT2D eigenvalue weighted by Gasteiger charge is 2.31. The van der Waals surface area contributed by atoms with Crippen LogP contribution >= 0.6 is 11.6 Å². The van der Waals surface area contributed by atoms with Gasteiger partial charge < -0.3 is 14.0 Å². The third-order valence-electron chi connectivity index (χ3n) is 6.93. The Hall–Kier alpha value is -4.64. The molecule has 224 valence electrons. The molecule has 43 heavy (non-hydrogen) atoms. The Balaban J connectivity index is 1.46. The average molecular weight is 608 g/mol. The number of hydrogen-bond donors (Lipinski definition) is 0. The molecular weight excluding hydrogens is 577 g/mol. The van der Waals surface area contributed by atoms with Crippen molar-refractivity contribution in [2.75, 3.05) is 31.6 Å². The second-order valence-corrected chi connectivity index (χ2v) is 11.5. The van der Waals surface area contributed by atoms with Gasteiger partial charge in [-0.3, -0.25) is 19.2 Å². The number of methoxy groups -OCH3 is 1. The van der Waals surface area contributed by atoms with E-state index in [9.17, 15) is 14.4 Å². The van der Waals surface area contributed by atoms with E-state index in [4.69, 9.17) is 21.1 Å². The number of amides is 2. The molecule has 3 heterocycles. The van der Waals surface area contributed by atoms with Crippen LogP contribution in [0.2, 0.25) is 5.02 Å². The zero-order valence-electron chi connectivity index (χ0n) is 24.4. The van der Waals surface area contributed by atoms with E-state index in [0.717, 1.165) is 0 Å². The van der Waals surface area contributed by atoms with Crippen LogP contribution in [0.25, 0.3) is 27.9 Å². The highest BCUT2D eigenvalue weighted by molar-refractivity contribution is 6.32. The van der Waals surface area contributed by atoms with E-state index in [2.05, 4.69) is 4.98 Å². The van der Waals surface area contributed by atoms with Gasteiger partial charge in [0.2, 0.25) is 5.91 Å². The molecule has 1 fully saturated rings. The SMILES string of the molecule is COc1c(-c2ccnc(N3CCN(C(=O)OC(C)(C)C)CC3=O)c2)cc(F)cc1-c1ccc(-n2ccn(C)c2=O)c(Cl)c1. The highest BCUT2D eigenvalue weighted by atomic mass is 35.5. The van der Waals surface area contributed by atoms with Crippen molar-refractivity contribution >= 4 is 29.4 Å². The quantitative estimate of drug-likeness (QED) is 0.306. The van der Waals surface area contributed by atoms with E-state index in [0.29, 0.717) is 44.5 Å². The normalized spacial score (nSPS) is 13.8. The number of halogens is 2. The summed E-state index contributed by atoms with van der Waals surface area (Å²) in [7, 11) is 3.13. The van der Waals surface area contributed by atoms with Gasteiger partial charge in [-0.1, -0.05) is 17.7 Å². The number of imidazole rings is 1. The second kappa shape index (κ2) is 11.6. The molecule has 10 nitrogen and oxygen atoms in total. The van der Waals surface area contributed by atoms with E-state index >= 15 is 4.39 Å². The number of anilines is 1. The lowest BCUT2D eigenvalue weighted by Crippen LogP contribution is -2.53. The van der Waals surface area contributed by atoms with Crippen LogP contribution in [0.15, 0.2) is 65.8 Å². The number of nitrogens with zero attached hydrogens (tertiary/aromatic N) is 5. The maximum atomic E-state index is 15.1. The van der Waals surface area contributed by atoms with E-state index in [1.807, 2.05) is 0 Å². The van der Waals surface area contributed by atoms with Gasteiger partial charge in [-0.2, -0.15) is 0 Å². The molecule has 4 aromatic rings. The topological polar surface area (TPSA) is 98.9 Å². The number of carbonyl (C=O) groups excluding carboxylic acids is 2. The van der Waals surface area contributed by atoms with E-state index in [1.165, 1.54) is 44.4 Å². The van der Waals surface area contributed by atoms with Crippen molar-refractivity contribution in [2.45, 2.75) is 26.4 Å². The van der Waals surface area contributed by atoms with Gasteiger partial charge in [-0.05, 0) is 68.3 Å². The molecule has 2 aromatic carbocycles. The molecule has 1 aliphatic rings. The molecule has 0 unspecified atom stereocenters. The number of benzene rings is 2. The van der Waals surface area contributed by atoms with Gasteiger partial charge in [-0.25, -0.2) is 19.0 Å². The van der Waals surface area contributed by atoms with Crippen molar-refractivity contribution in [3.63, 3.8) is 0 Å². The van der Waals surface area contributed by atoms with Crippen LogP contribution < -0.4 is 15.3 Å². The van der Waals surface area contributed by atoms with Gasteiger partial charge >= 0.3 is 11.8 Å². The van der Waals surface area contributed by atoms with Crippen molar-refractivity contribution in [3.8, 4) is 33.7 Å². The van der Waals surface area contributed by atoms with Gasteiger partial charge in [-0.15, -0.1) is 0 Å². The number of hydrogen-bond acceptors (Lipinski definition) is 6. The van der Waals surface area contributed by atoms with Crippen LogP contribution in [-0.4, -0.2) is 63.4 Å². The van der Waals surface area contributed by atoms with Crippen molar-refractivity contribution in [1.82, 2.24) is 19.0 Å². The summed E-state index contributed by atoms with van der Waals surface area (Å²) in [5.74, 6) is -0.0770. The summed E-state index contributed by atoms with van der Waals surface area (Å²) in [6, 6.07) is 11.2. The summed E-state index contributed by atoms with van der Waals surface area (Å²) < 4.78 is 29.1. The number of rotatable bonds is 5. The molecule has 12 heteroatoms. The summed E-state index contributed by atoms with van der Waals surface area (Å²) in [5.41, 5.74) is 1.61. The predicted octanol–water partition coefficient (Wildman–Crippen LogP) is 5.29. The molecule has 0 bridgehead atoms. The maximum absolute atomic E-state index is 15.1. The Bertz CT molecular complexity index is 1780. The van der Waals surface area contributed by atoms with Crippen LogP contribution in [-0.2, 0) is 16.6 Å². The first-order chi connectivity index (χ1) is 20.4. The summed E-state index contributed by atoms with van der Waals surface area (Å²) >= 11 is 6.59. The smallest absolute Gasteiger partial charge is 0.410 e. The minimum absolute atomic E-state index is 0.153. The minimum atomic E-state index is -0.676. The fourth-order valence-corrected chi connectivity index (χ4v) is 5.16. The molecule has 0 saturated carbocycles. The zero-order valence-corrected chi connectivity index (χ0v) is 25.2. The van der Waals surface area contributed by atoms with Crippen molar-refractivity contribution in [1.29, 1.82) is 0 Å². The molecular formula is C31H31ClFN5O5. The average Bonchev–Trinajstić information content (AvgIpc) is 3.29. The van der Waals surface area contributed by atoms with Crippen LogP contribution in [0.3, 0.4) is 0 Å². The molecule has 2 aromatic heterocycles. The van der Waals surface area contributed by atoms with Crippen LogP contribution in [0.5, 0.6) is 5.75 Å². The summed E-state index contributed by atoms with van der Waals surface area (Å²) in [6.45, 7) is 5.63. The van der Waals surface area contributed by atoms with Gasteiger partial charge in [0.1, 0.15) is 29.5 Å². The Morgan fingerprint density at radius 1 is 1.00 bits per heavy atom. The van der Waals surface area contributed by atoms with Gasteiger partial charge in [0, 0.05) is 49.9 Å². The van der Waals surface area contributed by atoms with Gasteiger partial charge in [0.25, 0.3) is 0 Å². The van der Waals surface area contributed by atoms with E-state index < -0.39 is 17.5 Å². The van der Waals surface area contributed by atoms with Crippen LogP contribution in [0.4, 0.5) is 15.0 Å². The molecule has 0 N–H and O–H groups in total. The number of piperazine rings is 1. The first-order valence-corrected chi connectivity index (χ1v) is 13.9. The molecule has 2 amide bonds. The van der Waals surface area contributed by atoms with Crippen molar-refractivity contribution in [2.24, 2.45) is 7.05 Å². The summed E-state index contributed by atoms with van der Waals surface area (Å²) in [6.07, 6.45) is 4.23. The fourth-order valence-electron chi connectivity index (χ4n) is 4.89. The van der Waals surface area contributed by atoms with Crippen LogP contribution in [0.1, 0.15) is 20.8 Å². The Kier molecular flexibility index (Phi) is 8.02. The lowest BCUT2D eigenvalue weighted by molar-refractivity contribution is -0.121. The van der Waals surface area contributed by atoms with E-state index in [-0.39, 0.29) is 31.2 Å². The molecule has 1 saturated heterocycles. The number of carbonyl (C=O) groups is 2. The third kappa shape index (κ3) is 6.12. The largest absolute Gasteiger partial charge is 0.495 e. The molecule has 1 aliphatic heterocycles. The lowest BCUT2D eigenvalue weighted by atomic mass is 9.97. The van der Waals surface area contributed by atoms with Crippen molar-refractivity contribution in [3.05, 3.63) is 82.4 Å². The molecule has 0 radical (unpaired) electrons. The Labute approximate surface area is 252 Å². The minimum Gasteiger partial charge on any atom is -0.495 e. The first-order valence-electron chi connectivity index (χ1n) is 13.5. The lowest BCUT2D eigenvalue weighted by Gasteiger charge is -2.34. The third-order valence-corrected chi connectivity index (χ3v) is 7.23. The number of aromatic nitrogens is 3. The second-order valence-electron chi connectivity index (χ2n) is 11.1. The zero-order chi connectivity index (χ0) is 31.1. The first kappa shape index (κ1) is 29.8. The van der Waals surface area contributed by atoms with Gasteiger partial charge in [0.05, 0.1) is 17.8 Å². The summed E-state index contributed by atoms with van der Waals surface area (Å²) in [4.78, 5) is 45.2. The Morgan fingerprint density at radius 3 is 2.28 bits per heavy atom. The van der Waals surface area contributed by atoms with Crippen LogP contribution in [0, 0.1) is 5.82 Å². The van der Waals surface area contributed by atoms with Crippen molar-refractivity contribution < 1.29 is 23.5 Å². The number of aryl methyl sites for hydroxylation is 1. The highest BCUT2D eigenvalue weighted by Crippen LogP contribution is 2.41. The van der Waals surface area contributed by atoms with Gasteiger partial charge in [0.15, 0.2) is 0 Å². The molecule has 0 aliphatic carbocycles. The Morgan fingerprint density at radius 2 is 1.70 bits per heavy atom. The molecule has 0 spiro atoms. The predicted molar refractivity (Wildman–Crippen MR) is 161 cm³/mol. The monoisotopic (exact) mass is 607 g/mol. The molecule has 5 rings (SSSR count). The standard InChI is InChI=1S/C31H31ClFN5O5/c1-31(2,3)43-30(41)36-11-13-38(27(39)18-36)26-15-20(8-9-34-26)23-17-21(33)16-22(28(23)42-5)19-6-7-25(24(32)14-19)37-12-10-35(4)29(37)40/h6-10,12,14-17H,11,13,18H2,1-5H3. The molecule has 0 atom stereocenters. The summed E-state index contributed by atoms with van der Waals surface area (Å²) in [5, 5.41) is 0.300.